The first-order valence-electron chi connectivity index (χ1n) is 18.9. The molecule has 0 aromatic carbocycles. The molecule has 4 N–H and O–H groups in total. The summed E-state index contributed by atoms with van der Waals surface area (Å²) in [5.74, 6) is -8.14. The van der Waals surface area contributed by atoms with Crippen molar-refractivity contribution < 1.29 is 68.1 Å². The van der Waals surface area contributed by atoms with Crippen molar-refractivity contribution in [3.63, 3.8) is 0 Å². The van der Waals surface area contributed by atoms with Crippen molar-refractivity contribution in [2.24, 2.45) is 45.8 Å². The van der Waals surface area contributed by atoms with Crippen molar-refractivity contribution in [3.05, 3.63) is 45.1 Å². The van der Waals surface area contributed by atoms with Gasteiger partial charge in [-0.3, -0.25) is 9.59 Å². The minimum absolute atomic E-state index is 0.000528. The second-order valence-corrected chi connectivity index (χ2v) is 18.2. The maximum atomic E-state index is 14.5. The zero-order chi connectivity index (χ0) is 38.5. The number of cyclic esters (lactones) is 3. The summed E-state index contributed by atoms with van der Waals surface area (Å²) in [6.07, 6.45) is 0.268. The molecule has 3 aliphatic heterocycles. The topological polar surface area (TPSA) is 212 Å². The summed E-state index contributed by atoms with van der Waals surface area (Å²) < 4.78 is 29.0. The van der Waals surface area contributed by atoms with Gasteiger partial charge in [0.05, 0.1) is 24.0 Å². The van der Waals surface area contributed by atoms with Gasteiger partial charge in [-0.15, -0.1) is 0 Å². The number of hydrogen-bond acceptors (Lipinski definition) is 14. The number of carbonyl (C=O) groups is 5. The number of carbonyl (C=O) groups excluding carboxylic acids is 5. The maximum absolute atomic E-state index is 14.5. The number of rotatable bonds is 0. The van der Waals surface area contributed by atoms with Gasteiger partial charge in [0.2, 0.25) is 0 Å². The lowest BCUT2D eigenvalue weighted by molar-refractivity contribution is -0.251. The van der Waals surface area contributed by atoms with E-state index in [1.807, 2.05) is 13.8 Å². The fourth-order valence-electron chi connectivity index (χ4n) is 13.7. The van der Waals surface area contributed by atoms with E-state index in [9.17, 15) is 44.4 Å². The van der Waals surface area contributed by atoms with Gasteiger partial charge in [0.25, 0.3) is 5.79 Å². The number of esters is 5. The summed E-state index contributed by atoms with van der Waals surface area (Å²) in [5.41, 5.74) is -7.23. The van der Waals surface area contributed by atoms with Crippen LogP contribution in [0.15, 0.2) is 45.1 Å². The van der Waals surface area contributed by atoms with Gasteiger partial charge in [0, 0.05) is 39.0 Å². The number of aliphatic hydroxyl groups is 4. The molecule has 7 aliphatic carbocycles. The van der Waals surface area contributed by atoms with Gasteiger partial charge in [-0.2, -0.15) is 0 Å². The van der Waals surface area contributed by atoms with Gasteiger partial charge in [-0.25, -0.2) is 14.4 Å². The number of fused-ring (bicyclic) bond motifs is 9. The standard InChI is InChI=1S/C40H44O14/c1-16-8-9-50-25(41)6-7-26(42)51-13-18-19-12-24-36(5,21-11-23(21)38(24,48)15-52-30(16)43)34(3)14-37(47)22-10-20(22)35(4)29(37)28(39(19,34)53-32(18)45)27-17(2)31(44)54-40(27,49)33(35)46/h8,20-24,33,46-49H,6-7,9-15H2,1-5H3/b16-8+/t20-,21-,22+,23+,24-,33-,34+,35+,36+,37+,38+,39-,40-/m1/s1. The second kappa shape index (κ2) is 9.93. The van der Waals surface area contributed by atoms with Crippen LogP contribution < -0.4 is 0 Å². The van der Waals surface area contributed by atoms with Gasteiger partial charge < -0.3 is 44.1 Å². The Bertz CT molecular complexity index is 2080. The highest BCUT2D eigenvalue weighted by Gasteiger charge is 2.90. The molecule has 0 aromatic heterocycles. The van der Waals surface area contributed by atoms with Crippen molar-refractivity contribution in [2.45, 2.75) is 102 Å². The van der Waals surface area contributed by atoms with Crippen LogP contribution in [0.4, 0.5) is 0 Å². The summed E-state index contributed by atoms with van der Waals surface area (Å²) in [7, 11) is 0. The smallest absolute Gasteiger partial charge is 0.338 e. The van der Waals surface area contributed by atoms with Crippen LogP contribution in [0, 0.1) is 45.8 Å². The lowest BCUT2D eigenvalue weighted by Gasteiger charge is -2.69. The van der Waals surface area contributed by atoms with E-state index in [0.29, 0.717) is 24.0 Å². The van der Waals surface area contributed by atoms with Crippen molar-refractivity contribution >= 4 is 29.8 Å². The van der Waals surface area contributed by atoms with Gasteiger partial charge in [-0.1, -0.05) is 20.8 Å². The molecule has 2 bridgehead atoms. The fraction of sp³-hybridized carbons (Fsp3) is 0.675. The predicted molar refractivity (Wildman–Crippen MR) is 179 cm³/mol. The van der Waals surface area contributed by atoms with Crippen molar-refractivity contribution in [1.29, 1.82) is 0 Å². The van der Waals surface area contributed by atoms with Crippen molar-refractivity contribution in [2.75, 3.05) is 19.8 Å². The fourth-order valence-corrected chi connectivity index (χ4v) is 13.7. The van der Waals surface area contributed by atoms with Crippen LogP contribution in [0.25, 0.3) is 0 Å². The molecule has 54 heavy (non-hydrogen) atoms. The van der Waals surface area contributed by atoms with Crippen LogP contribution >= 0.6 is 0 Å². The summed E-state index contributed by atoms with van der Waals surface area (Å²) >= 11 is 0. The Kier molecular flexibility index (Phi) is 6.36. The highest BCUT2D eigenvalue weighted by Crippen LogP contribution is 2.87. The van der Waals surface area contributed by atoms with E-state index in [2.05, 4.69) is 0 Å². The number of aliphatic hydroxyl groups excluding tert-OH is 1. The van der Waals surface area contributed by atoms with Crippen LogP contribution in [0.5, 0.6) is 0 Å². The molecule has 1 spiro atoms. The third kappa shape index (κ3) is 3.53. The van der Waals surface area contributed by atoms with Crippen LogP contribution in [-0.4, -0.2) is 98.8 Å². The normalized spacial score (nSPS) is 52.3. The molecular weight excluding hydrogens is 704 g/mol. The maximum Gasteiger partial charge on any atom is 0.338 e. The molecule has 288 valence electrons. The highest BCUT2D eigenvalue weighted by molar-refractivity contribution is 5.99. The van der Waals surface area contributed by atoms with Gasteiger partial charge in [0.15, 0.2) is 5.60 Å². The Balaban J connectivity index is 1.24. The minimum Gasteiger partial charge on any atom is -0.461 e. The van der Waals surface area contributed by atoms with Crippen LogP contribution in [-0.2, 0) is 47.7 Å². The molecule has 13 atom stereocenters. The van der Waals surface area contributed by atoms with Gasteiger partial charge >= 0.3 is 29.8 Å². The van der Waals surface area contributed by atoms with E-state index in [1.165, 1.54) is 19.9 Å². The first-order valence-corrected chi connectivity index (χ1v) is 18.9. The van der Waals surface area contributed by atoms with E-state index in [0.717, 1.165) is 0 Å². The largest absolute Gasteiger partial charge is 0.461 e. The average molecular weight is 749 g/mol. The first-order chi connectivity index (χ1) is 25.3. The molecule has 0 aromatic rings. The first kappa shape index (κ1) is 34.6. The molecule has 0 amide bonds. The van der Waals surface area contributed by atoms with E-state index >= 15 is 0 Å². The number of hydrogen-bond donors (Lipinski definition) is 4. The van der Waals surface area contributed by atoms with Crippen LogP contribution in [0.3, 0.4) is 0 Å². The molecule has 5 saturated carbocycles. The Morgan fingerprint density at radius 2 is 1.46 bits per heavy atom. The third-order valence-electron chi connectivity index (χ3n) is 16.3. The highest BCUT2D eigenvalue weighted by atomic mass is 16.7. The summed E-state index contributed by atoms with van der Waals surface area (Å²) in [4.78, 5) is 66.6. The lowest BCUT2D eigenvalue weighted by atomic mass is 9.36. The molecule has 0 saturated heterocycles. The molecule has 0 unspecified atom stereocenters. The van der Waals surface area contributed by atoms with Gasteiger partial charge in [-0.05, 0) is 85.8 Å². The second-order valence-electron chi connectivity index (χ2n) is 18.2. The quantitative estimate of drug-likeness (QED) is 0.204. The van der Waals surface area contributed by atoms with E-state index in [1.54, 1.807) is 6.92 Å². The molecule has 3 heterocycles. The molecular formula is C40H44O14. The van der Waals surface area contributed by atoms with Crippen molar-refractivity contribution in [3.8, 4) is 0 Å². The molecule has 14 nitrogen and oxygen atoms in total. The predicted octanol–water partition coefficient (Wildman–Crippen LogP) is 1.39. The van der Waals surface area contributed by atoms with E-state index in [4.69, 9.17) is 23.7 Å². The van der Waals surface area contributed by atoms with E-state index in [-0.39, 0.29) is 90.4 Å². The molecule has 5 fully saturated rings. The minimum atomic E-state index is -2.53. The number of ether oxygens (including phenoxy) is 5. The average Bonchev–Trinajstić information content (AvgIpc) is 4.02. The van der Waals surface area contributed by atoms with E-state index < -0.39 is 87.3 Å². The zero-order valence-corrected chi connectivity index (χ0v) is 30.8. The van der Waals surface area contributed by atoms with Crippen molar-refractivity contribution in [1.82, 2.24) is 0 Å². The Morgan fingerprint density at radius 3 is 2.19 bits per heavy atom. The molecule has 0 radical (unpaired) electrons. The Morgan fingerprint density at radius 1 is 0.778 bits per heavy atom. The summed E-state index contributed by atoms with van der Waals surface area (Å²) in [5, 5.41) is 50.6. The zero-order valence-electron chi connectivity index (χ0n) is 30.8. The third-order valence-corrected chi connectivity index (χ3v) is 16.3. The molecule has 10 rings (SSSR count). The van der Waals surface area contributed by atoms with Crippen LogP contribution in [0.1, 0.15) is 73.1 Å². The lowest BCUT2D eigenvalue weighted by Crippen LogP contribution is -2.73. The summed E-state index contributed by atoms with van der Waals surface area (Å²) in [6, 6.07) is 0. The SMILES string of the molecule is CC1=C2C3=C4[C@](C)([C@@H]5C[C@@H]5[C@@]4(O)C[C@]4(C)[C@]35OC(=O)C3=C5C[C@H]5[C@](O)(COC(=O)/C(C)=C/COC(=O)CCC(=O)OC3)[C@H]3C[C@H]3[C@@]54C)[C@@H](O)[C@]2(O)OC1=O. The summed E-state index contributed by atoms with van der Waals surface area (Å²) in [6.45, 7) is 7.58. The monoisotopic (exact) mass is 748 g/mol. The van der Waals surface area contributed by atoms with Gasteiger partial charge in [0.1, 0.15) is 31.5 Å². The van der Waals surface area contributed by atoms with Crippen LogP contribution in [0.2, 0.25) is 0 Å². The Labute approximate surface area is 310 Å². The molecule has 10 aliphatic rings. The molecule has 14 heteroatoms. The Hall–Kier alpha value is -3.85.